The molecule has 1 heterocycles. The van der Waals surface area contributed by atoms with E-state index in [4.69, 9.17) is 0 Å². The van der Waals surface area contributed by atoms with Gasteiger partial charge in [0.15, 0.2) is 0 Å². The summed E-state index contributed by atoms with van der Waals surface area (Å²) < 4.78 is 2.11. The monoisotopic (exact) mass is 242 g/mol. The van der Waals surface area contributed by atoms with Crippen molar-refractivity contribution in [2.75, 3.05) is 0 Å². The Kier molecular flexibility index (Phi) is 3.29. The minimum Gasteiger partial charge on any atom is -0.266 e. The Morgan fingerprint density at radius 1 is 0.944 bits per heavy atom. The average molecular weight is 242 g/mol. The molecule has 2 nitrogen and oxygen atoms in total. The van der Waals surface area contributed by atoms with Gasteiger partial charge in [-0.25, -0.2) is 0 Å². The van der Waals surface area contributed by atoms with Gasteiger partial charge in [-0.1, -0.05) is 29.3 Å². The first-order valence-corrected chi connectivity index (χ1v) is 6.54. The third-order valence-corrected chi connectivity index (χ3v) is 3.32. The van der Waals surface area contributed by atoms with Crippen molar-refractivity contribution in [3.8, 4) is 11.1 Å². The van der Waals surface area contributed by atoms with Crippen molar-refractivity contribution in [1.29, 1.82) is 0 Å². The van der Waals surface area contributed by atoms with Crippen LogP contribution < -0.4 is 0 Å². The van der Waals surface area contributed by atoms with Gasteiger partial charge in [-0.05, 0) is 47.1 Å². The Bertz CT molecular complexity index is 557. The molecule has 1 aromatic carbocycles. The molecule has 0 aliphatic carbocycles. The fourth-order valence-electron chi connectivity index (χ4n) is 2.70. The van der Waals surface area contributed by atoms with Gasteiger partial charge in [0.1, 0.15) is 0 Å². The zero-order valence-electron chi connectivity index (χ0n) is 12.2. The second-order valence-electron chi connectivity index (χ2n) is 5.46. The van der Waals surface area contributed by atoms with E-state index < -0.39 is 0 Å². The van der Waals surface area contributed by atoms with E-state index in [1.165, 1.54) is 27.9 Å². The molecule has 0 aliphatic rings. The number of aromatic nitrogens is 2. The summed E-state index contributed by atoms with van der Waals surface area (Å²) in [7, 11) is 0. The van der Waals surface area contributed by atoms with E-state index in [1.807, 2.05) is 0 Å². The molecule has 18 heavy (non-hydrogen) atoms. The lowest BCUT2D eigenvalue weighted by Crippen LogP contribution is -2.04. The van der Waals surface area contributed by atoms with Gasteiger partial charge in [-0.15, -0.1) is 0 Å². The van der Waals surface area contributed by atoms with Crippen LogP contribution in [0.25, 0.3) is 11.1 Å². The van der Waals surface area contributed by atoms with Crippen LogP contribution in [0.4, 0.5) is 0 Å². The molecule has 0 bridgehead atoms. The molecule has 96 valence electrons. The van der Waals surface area contributed by atoms with Crippen LogP contribution in [0, 0.1) is 27.7 Å². The van der Waals surface area contributed by atoms with Gasteiger partial charge in [-0.2, -0.15) is 5.10 Å². The fraction of sp³-hybridized carbons (Fsp3) is 0.438. The largest absolute Gasteiger partial charge is 0.266 e. The van der Waals surface area contributed by atoms with Gasteiger partial charge in [0.2, 0.25) is 0 Å². The second kappa shape index (κ2) is 4.60. The van der Waals surface area contributed by atoms with E-state index in [9.17, 15) is 0 Å². The molecule has 2 rings (SSSR count). The molecule has 0 radical (unpaired) electrons. The summed E-state index contributed by atoms with van der Waals surface area (Å²) in [6.45, 7) is 12.9. The maximum Gasteiger partial charge on any atom is 0.0675 e. The first-order valence-electron chi connectivity index (χ1n) is 6.54. The molecular weight excluding hydrogens is 220 g/mol. The summed E-state index contributed by atoms with van der Waals surface area (Å²) in [5, 5.41) is 4.66. The Morgan fingerprint density at radius 2 is 1.50 bits per heavy atom. The summed E-state index contributed by atoms with van der Waals surface area (Å²) >= 11 is 0. The summed E-state index contributed by atoms with van der Waals surface area (Å²) in [6.07, 6.45) is 0. The second-order valence-corrected chi connectivity index (χ2v) is 5.46. The van der Waals surface area contributed by atoms with Crippen LogP contribution in [0.15, 0.2) is 18.2 Å². The number of aryl methyl sites for hydroxylation is 3. The lowest BCUT2D eigenvalue weighted by molar-refractivity contribution is 0.516. The highest BCUT2D eigenvalue weighted by molar-refractivity contribution is 5.69. The zero-order valence-corrected chi connectivity index (χ0v) is 12.2. The topological polar surface area (TPSA) is 17.8 Å². The molecule has 0 fully saturated rings. The summed E-state index contributed by atoms with van der Waals surface area (Å²) in [5.41, 5.74) is 7.56. The van der Waals surface area contributed by atoms with Crippen LogP contribution in [0.3, 0.4) is 0 Å². The Balaban J connectivity index is 2.64. The molecule has 0 spiro atoms. The molecule has 1 aromatic heterocycles. The molecule has 0 N–H and O–H groups in total. The van der Waals surface area contributed by atoms with Gasteiger partial charge in [0.25, 0.3) is 0 Å². The van der Waals surface area contributed by atoms with Crippen molar-refractivity contribution in [2.24, 2.45) is 0 Å². The number of benzene rings is 1. The van der Waals surface area contributed by atoms with Gasteiger partial charge in [0, 0.05) is 17.3 Å². The molecule has 2 aromatic rings. The maximum absolute atomic E-state index is 4.66. The molecule has 2 heteroatoms. The van der Waals surface area contributed by atoms with Crippen molar-refractivity contribution in [3.63, 3.8) is 0 Å². The van der Waals surface area contributed by atoms with E-state index in [0.29, 0.717) is 6.04 Å². The van der Waals surface area contributed by atoms with Crippen LogP contribution >= 0.6 is 0 Å². The predicted octanol–water partition coefficient (Wildman–Crippen LogP) is 4.36. The summed E-state index contributed by atoms with van der Waals surface area (Å²) in [5.74, 6) is 0. The molecule has 0 saturated carbocycles. The molecule has 0 aliphatic heterocycles. The van der Waals surface area contributed by atoms with Crippen LogP contribution in [0.5, 0.6) is 0 Å². The van der Waals surface area contributed by atoms with Gasteiger partial charge in [-0.3, -0.25) is 4.68 Å². The van der Waals surface area contributed by atoms with Gasteiger partial charge < -0.3 is 0 Å². The molecular formula is C16H22N2. The SMILES string of the molecule is Cc1cc(C)cc(-c2c(C)nn(C(C)C)c2C)c1. The fourth-order valence-corrected chi connectivity index (χ4v) is 2.70. The highest BCUT2D eigenvalue weighted by Crippen LogP contribution is 2.29. The van der Waals surface area contributed by atoms with E-state index in [2.05, 4.69) is 69.5 Å². The Hall–Kier alpha value is -1.57. The van der Waals surface area contributed by atoms with Crippen LogP contribution in [0.1, 0.15) is 42.4 Å². The number of hydrogen-bond donors (Lipinski definition) is 0. The van der Waals surface area contributed by atoms with Crippen molar-refractivity contribution in [1.82, 2.24) is 9.78 Å². The van der Waals surface area contributed by atoms with E-state index in [0.717, 1.165) is 5.69 Å². The molecule has 0 atom stereocenters. The number of nitrogens with zero attached hydrogens (tertiary/aromatic N) is 2. The first-order chi connectivity index (χ1) is 8.40. The van der Waals surface area contributed by atoms with E-state index in [-0.39, 0.29) is 0 Å². The van der Waals surface area contributed by atoms with Crippen molar-refractivity contribution in [2.45, 2.75) is 47.6 Å². The minimum atomic E-state index is 0.406. The summed E-state index contributed by atoms with van der Waals surface area (Å²) in [4.78, 5) is 0. The Morgan fingerprint density at radius 3 is 1.94 bits per heavy atom. The van der Waals surface area contributed by atoms with E-state index in [1.54, 1.807) is 0 Å². The molecule has 0 saturated heterocycles. The molecule has 0 amide bonds. The smallest absolute Gasteiger partial charge is 0.0675 e. The zero-order chi connectivity index (χ0) is 13.4. The van der Waals surface area contributed by atoms with Crippen molar-refractivity contribution in [3.05, 3.63) is 40.7 Å². The van der Waals surface area contributed by atoms with Crippen molar-refractivity contribution < 1.29 is 0 Å². The third kappa shape index (κ3) is 2.20. The molecule has 0 unspecified atom stereocenters. The highest BCUT2D eigenvalue weighted by Gasteiger charge is 2.15. The Labute approximate surface area is 110 Å². The number of rotatable bonds is 2. The summed E-state index contributed by atoms with van der Waals surface area (Å²) in [6, 6.07) is 7.10. The highest BCUT2D eigenvalue weighted by atomic mass is 15.3. The minimum absolute atomic E-state index is 0.406. The first kappa shape index (κ1) is 12.9. The third-order valence-electron chi connectivity index (χ3n) is 3.32. The average Bonchev–Trinajstić information content (AvgIpc) is 2.52. The number of hydrogen-bond acceptors (Lipinski definition) is 1. The van der Waals surface area contributed by atoms with E-state index >= 15 is 0 Å². The lowest BCUT2D eigenvalue weighted by Gasteiger charge is -2.09. The predicted molar refractivity (Wildman–Crippen MR) is 77.0 cm³/mol. The standard InChI is InChI=1S/C16H22N2/c1-10(2)18-14(6)16(13(5)17-18)15-8-11(3)7-12(4)9-15/h7-10H,1-6H3. The van der Waals surface area contributed by atoms with Crippen LogP contribution in [-0.2, 0) is 0 Å². The van der Waals surface area contributed by atoms with Crippen LogP contribution in [-0.4, -0.2) is 9.78 Å². The quantitative estimate of drug-likeness (QED) is 0.765. The van der Waals surface area contributed by atoms with Gasteiger partial charge in [0.05, 0.1) is 5.69 Å². The van der Waals surface area contributed by atoms with Crippen molar-refractivity contribution >= 4 is 0 Å². The normalized spacial score (nSPS) is 11.3. The lowest BCUT2D eigenvalue weighted by atomic mass is 9.99. The van der Waals surface area contributed by atoms with Crippen LogP contribution in [0.2, 0.25) is 0 Å². The maximum atomic E-state index is 4.66. The van der Waals surface area contributed by atoms with Gasteiger partial charge >= 0.3 is 0 Å².